The van der Waals surface area contributed by atoms with Crippen LogP contribution < -0.4 is 10.0 Å². The largest absolute Gasteiger partial charge is 0.312 e. The monoisotopic (exact) mass is 338 g/mol. The lowest BCUT2D eigenvalue weighted by Crippen LogP contribution is -2.25. The van der Waals surface area contributed by atoms with Crippen molar-refractivity contribution in [3.8, 4) is 0 Å². The standard InChI is InChI=1S/C19H18N2O2S/c22-24(23,17-9-8-14-4-1-2-5-16(14)12-17)21-19-7-3-6-15-10-11-20-13-18(15)19/h1-9,12,20-21H,10-11,13H2. The Labute approximate surface area is 141 Å². The van der Waals surface area contributed by atoms with Gasteiger partial charge in [-0.25, -0.2) is 8.42 Å². The molecule has 0 saturated carbocycles. The molecule has 4 rings (SSSR count). The summed E-state index contributed by atoms with van der Waals surface area (Å²) in [5.74, 6) is 0. The van der Waals surface area contributed by atoms with Crippen molar-refractivity contribution in [3.05, 3.63) is 71.8 Å². The second-order valence-corrected chi connectivity index (χ2v) is 7.67. The number of fused-ring (bicyclic) bond motifs is 2. The fourth-order valence-electron chi connectivity index (χ4n) is 3.15. The van der Waals surface area contributed by atoms with Gasteiger partial charge in [0.2, 0.25) is 0 Å². The summed E-state index contributed by atoms with van der Waals surface area (Å²) >= 11 is 0. The molecule has 122 valence electrons. The first-order valence-electron chi connectivity index (χ1n) is 7.97. The quantitative estimate of drug-likeness (QED) is 0.770. The maximum Gasteiger partial charge on any atom is 0.261 e. The van der Waals surface area contributed by atoms with E-state index in [1.165, 1.54) is 5.56 Å². The Morgan fingerprint density at radius 1 is 0.917 bits per heavy atom. The van der Waals surface area contributed by atoms with E-state index in [0.717, 1.165) is 29.3 Å². The summed E-state index contributed by atoms with van der Waals surface area (Å²) in [4.78, 5) is 0.280. The Balaban J connectivity index is 1.72. The molecule has 0 amide bonds. The van der Waals surface area contributed by atoms with E-state index in [9.17, 15) is 8.42 Å². The van der Waals surface area contributed by atoms with Crippen molar-refractivity contribution >= 4 is 26.5 Å². The molecule has 0 atom stereocenters. The zero-order valence-electron chi connectivity index (χ0n) is 13.1. The van der Waals surface area contributed by atoms with Crippen LogP contribution in [0.4, 0.5) is 5.69 Å². The van der Waals surface area contributed by atoms with Crippen LogP contribution in [0.5, 0.6) is 0 Å². The van der Waals surface area contributed by atoms with Crippen LogP contribution in [0.2, 0.25) is 0 Å². The summed E-state index contributed by atoms with van der Waals surface area (Å²) in [6.45, 7) is 1.61. The minimum absolute atomic E-state index is 0.280. The first-order valence-corrected chi connectivity index (χ1v) is 9.45. The van der Waals surface area contributed by atoms with Crippen LogP contribution in [0.1, 0.15) is 11.1 Å². The Bertz CT molecular complexity index is 1010. The molecule has 1 aliphatic heterocycles. The Morgan fingerprint density at radius 2 is 1.75 bits per heavy atom. The van der Waals surface area contributed by atoms with Crippen LogP contribution in [-0.2, 0) is 23.0 Å². The van der Waals surface area contributed by atoms with E-state index in [-0.39, 0.29) is 4.90 Å². The zero-order valence-corrected chi connectivity index (χ0v) is 13.9. The van der Waals surface area contributed by atoms with Crippen molar-refractivity contribution in [2.75, 3.05) is 11.3 Å². The van der Waals surface area contributed by atoms with Crippen molar-refractivity contribution in [2.24, 2.45) is 0 Å². The zero-order chi connectivity index (χ0) is 16.6. The van der Waals surface area contributed by atoms with E-state index in [2.05, 4.69) is 16.1 Å². The topological polar surface area (TPSA) is 58.2 Å². The molecule has 2 N–H and O–H groups in total. The van der Waals surface area contributed by atoms with Gasteiger partial charge < -0.3 is 5.32 Å². The third-order valence-electron chi connectivity index (χ3n) is 4.42. The maximum atomic E-state index is 12.8. The van der Waals surface area contributed by atoms with Gasteiger partial charge in [-0.1, -0.05) is 42.5 Å². The molecule has 4 nitrogen and oxygen atoms in total. The van der Waals surface area contributed by atoms with E-state index in [0.29, 0.717) is 12.2 Å². The predicted octanol–water partition coefficient (Wildman–Crippen LogP) is 3.29. The number of benzene rings is 3. The summed E-state index contributed by atoms with van der Waals surface area (Å²) in [5.41, 5.74) is 2.90. The highest BCUT2D eigenvalue weighted by Gasteiger charge is 2.19. The fourth-order valence-corrected chi connectivity index (χ4v) is 4.28. The van der Waals surface area contributed by atoms with Crippen molar-refractivity contribution in [1.82, 2.24) is 5.32 Å². The number of hydrogen-bond donors (Lipinski definition) is 2. The summed E-state index contributed by atoms with van der Waals surface area (Å²) < 4.78 is 28.4. The molecule has 0 saturated heterocycles. The molecule has 0 unspecified atom stereocenters. The van der Waals surface area contributed by atoms with Crippen LogP contribution in [0.15, 0.2) is 65.6 Å². The molecule has 24 heavy (non-hydrogen) atoms. The number of hydrogen-bond acceptors (Lipinski definition) is 3. The Kier molecular flexibility index (Phi) is 3.75. The molecular weight excluding hydrogens is 320 g/mol. The van der Waals surface area contributed by atoms with Crippen LogP contribution in [0, 0.1) is 0 Å². The van der Waals surface area contributed by atoms with Gasteiger partial charge in [-0.15, -0.1) is 0 Å². The van der Waals surface area contributed by atoms with E-state index in [4.69, 9.17) is 0 Å². The van der Waals surface area contributed by atoms with Gasteiger partial charge in [0.05, 0.1) is 10.6 Å². The normalized spacial score (nSPS) is 14.3. The van der Waals surface area contributed by atoms with Gasteiger partial charge in [-0.05, 0) is 53.1 Å². The van der Waals surface area contributed by atoms with E-state index < -0.39 is 10.0 Å². The molecule has 1 heterocycles. The van der Waals surface area contributed by atoms with Crippen LogP contribution in [0.3, 0.4) is 0 Å². The average Bonchev–Trinajstić information content (AvgIpc) is 2.61. The molecule has 0 spiro atoms. The van der Waals surface area contributed by atoms with E-state index in [1.807, 2.05) is 42.5 Å². The lowest BCUT2D eigenvalue weighted by atomic mass is 10.00. The smallest absolute Gasteiger partial charge is 0.261 e. The maximum absolute atomic E-state index is 12.8. The number of nitrogens with one attached hydrogen (secondary N) is 2. The third kappa shape index (κ3) is 2.77. The minimum Gasteiger partial charge on any atom is -0.312 e. The van der Waals surface area contributed by atoms with Crippen LogP contribution in [0.25, 0.3) is 10.8 Å². The predicted molar refractivity (Wildman–Crippen MR) is 96.6 cm³/mol. The van der Waals surface area contributed by atoms with Gasteiger partial charge >= 0.3 is 0 Å². The van der Waals surface area contributed by atoms with Crippen LogP contribution >= 0.6 is 0 Å². The van der Waals surface area contributed by atoms with E-state index >= 15 is 0 Å². The molecule has 0 aliphatic carbocycles. The van der Waals surface area contributed by atoms with Gasteiger partial charge in [-0.2, -0.15) is 0 Å². The molecule has 0 radical (unpaired) electrons. The Morgan fingerprint density at radius 3 is 2.62 bits per heavy atom. The van der Waals surface area contributed by atoms with Crippen molar-refractivity contribution in [3.63, 3.8) is 0 Å². The first kappa shape index (κ1) is 15.2. The second kappa shape index (κ2) is 5.92. The van der Waals surface area contributed by atoms with Crippen LogP contribution in [-0.4, -0.2) is 15.0 Å². The highest BCUT2D eigenvalue weighted by atomic mass is 32.2. The molecule has 5 heteroatoms. The molecule has 0 aromatic heterocycles. The second-order valence-electron chi connectivity index (χ2n) is 5.98. The van der Waals surface area contributed by atoms with Gasteiger partial charge in [0.25, 0.3) is 10.0 Å². The first-order chi connectivity index (χ1) is 11.6. The molecule has 0 bridgehead atoms. The molecule has 3 aromatic carbocycles. The summed E-state index contributed by atoms with van der Waals surface area (Å²) in [6, 6.07) is 18.7. The summed E-state index contributed by atoms with van der Waals surface area (Å²) in [5, 5.41) is 5.24. The van der Waals surface area contributed by atoms with Gasteiger partial charge in [0.15, 0.2) is 0 Å². The summed E-state index contributed by atoms with van der Waals surface area (Å²) in [7, 11) is -3.62. The van der Waals surface area contributed by atoms with Crippen molar-refractivity contribution in [1.29, 1.82) is 0 Å². The molecule has 0 fully saturated rings. The third-order valence-corrected chi connectivity index (χ3v) is 5.78. The van der Waals surface area contributed by atoms with E-state index in [1.54, 1.807) is 12.1 Å². The fraction of sp³-hybridized carbons (Fsp3) is 0.158. The number of sulfonamides is 1. The number of anilines is 1. The highest BCUT2D eigenvalue weighted by molar-refractivity contribution is 7.92. The summed E-state index contributed by atoms with van der Waals surface area (Å²) in [6.07, 6.45) is 0.918. The SMILES string of the molecule is O=S(=O)(Nc1cccc2c1CNCC2)c1ccc2ccccc2c1. The van der Waals surface area contributed by atoms with Gasteiger partial charge in [0.1, 0.15) is 0 Å². The molecular formula is C19H18N2O2S. The lowest BCUT2D eigenvalue weighted by molar-refractivity contribution is 0.601. The van der Waals surface area contributed by atoms with Crippen molar-refractivity contribution < 1.29 is 8.42 Å². The molecule has 3 aromatic rings. The van der Waals surface area contributed by atoms with Gasteiger partial charge in [-0.3, -0.25) is 4.72 Å². The van der Waals surface area contributed by atoms with Crippen molar-refractivity contribution in [2.45, 2.75) is 17.9 Å². The minimum atomic E-state index is -3.62. The number of rotatable bonds is 3. The molecule has 1 aliphatic rings. The Hall–Kier alpha value is -2.37. The highest BCUT2D eigenvalue weighted by Crippen LogP contribution is 2.26. The lowest BCUT2D eigenvalue weighted by Gasteiger charge is -2.21. The average molecular weight is 338 g/mol. The van der Waals surface area contributed by atoms with Gasteiger partial charge in [0, 0.05) is 6.54 Å².